The molecule has 1 saturated carbocycles. The van der Waals surface area contributed by atoms with Gasteiger partial charge in [0.2, 0.25) is 0 Å². The third-order valence-corrected chi connectivity index (χ3v) is 4.19. The summed E-state index contributed by atoms with van der Waals surface area (Å²) in [6, 6.07) is 0.186. The summed E-state index contributed by atoms with van der Waals surface area (Å²) >= 11 is 0. The van der Waals surface area contributed by atoms with E-state index in [1.807, 2.05) is 0 Å². The second kappa shape index (κ2) is 4.28. The molecule has 0 saturated heterocycles. The van der Waals surface area contributed by atoms with Gasteiger partial charge in [-0.2, -0.15) is 0 Å². The Morgan fingerprint density at radius 1 is 1.29 bits per heavy atom. The molecule has 1 heterocycles. The predicted molar refractivity (Wildman–Crippen MR) is 67.7 cm³/mol. The lowest BCUT2D eigenvalue weighted by Gasteiger charge is -2.32. The van der Waals surface area contributed by atoms with E-state index in [0.717, 1.165) is 32.1 Å². The number of hydrogen-bond donors (Lipinski definition) is 1. The fraction of sp³-hybridized carbons (Fsp3) is 0.643. The fourth-order valence-corrected chi connectivity index (χ4v) is 3.02. The van der Waals surface area contributed by atoms with Crippen LogP contribution >= 0.6 is 0 Å². The number of aliphatic imine (C=N–C) groups is 1. The maximum Gasteiger partial charge on any atom is 0.111 e. The Kier molecular flexibility index (Phi) is 2.77. The van der Waals surface area contributed by atoms with Gasteiger partial charge in [0.05, 0.1) is 12.4 Å². The molecule has 0 bridgehead atoms. The van der Waals surface area contributed by atoms with Crippen molar-refractivity contribution in [2.45, 2.75) is 56.7 Å². The summed E-state index contributed by atoms with van der Waals surface area (Å²) in [7, 11) is 0. The minimum Gasteiger partial charge on any atom is -0.346 e. The van der Waals surface area contributed by atoms with E-state index in [9.17, 15) is 4.39 Å². The summed E-state index contributed by atoms with van der Waals surface area (Å²) in [4.78, 5) is 4.42. The molecule has 2 aliphatic carbocycles. The van der Waals surface area contributed by atoms with Gasteiger partial charge in [-0.25, -0.2) is 4.39 Å². The quantitative estimate of drug-likeness (QED) is 0.796. The van der Waals surface area contributed by atoms with Crippen LogP contribution in [0.5, 0.6) is 0 Å². The molecule has 1 fully saturated rings. The van der Waals surface area contributed by atoms with Crippen molar-refractivity contribution in [2.24, 2.45) is 4.99 Å². The van der Waals surface area contributed by atoms with Crippen LogP contribution < -0.4 is 5.32 Å². The molecule has 1 atom stereocenters. The van der Waals surface area contributed by atoms with Crippen LogP contribution in [0.25, 0.3) is 0 Å². The smallest absolute Gasteiger partial charge is 0.111 e. The third kappa shape index (κ3) is 2.15. The minimum absolute atomic E-state index is 0.186. The van der Waals surface area contributed by atoms with Gasteiger partial charge < -0.3 is 5.32 Å². The molecule has 2 nitrogen and oxygen atoms in total. The van der Waals surface area contributed by atoms with Gasteiger partial charge >= 0.3 is 0 Å². The van der Waals surface area contributed by atoms with Crippen LogP contribution in [0.1, 0.15) is 44.9 Å². The first kappa shape index (κ1) is 11.0. The number of rotatable bonds is 3. The van der Waals surface area contributed by atoms with E-state index in [4.69, 9.17) is 0 Å². The van der Waals surface area contributed by atoms with E-state index < -0.39 is 5.67 Å². The summed E-state index contributed by atoms with van der Waals surface area (Å²) in [5.74, 6) is 0. The zero-order chi connectivity index (χ0) is 11.7. The summed E-state index contributed by atoms with van der Waals surface area (Å²) in [5.41, 5.74) is 1.51. The number of nitrogens with one attached hydrogen (secondary N) is 1. The Morgan fingerprint density at radius 2 is 2.12 bits per heavy atom. The molecule has 0 aromatic rings. The molecule has 3 rings (SSSR count). The topological polar surface area (TPSA) is 24.4 Å². The maximum atomic E-state index is 14.5. The highest BCUT2D eigenvalue weighted by Gasteiger charge is 2.33. The highest BCUT2D eigenvalue weighted by Crippen LogP contribution is 2.37. The van der Waals surface area contributed by atoms with Crippen LogP contribution in [0, 0.1) is 0 Å². The van der Waals surface area contributed by atoms with Gasteiger partial charge in [-0.15, -0.1) is 0 Å². The van der Waals surface area contributed by atoms with Crippen molar-refractivity contribution in [1.29, 1.82) is 0 Å². The van der Waals surface area contributed by atoms with Crippen LogP contribution in [0.2, 0.25) is 0 Å². The van der Waals surface area contributed by atoms with E-state index in [2.05, 4.69) is 22.5 Å². The van der Waals surface area contributed by atoms with Crippen molar-refractivity contribution < 1.29 is 4.39 Å². The number of nitrogens with zero attached hydrogens (tertiary/aromatic N) is 1. The van der Waals surface area contributed by atoms with Gasteiger partial charge in [-0.05, 0) is 31.8 Å². The molecular formula is C14H19FN2. The zero-order valence-corrected chi connectivity index (χ0v) is 10.1. The first-order valence-electron chi connectivity index (χ1n) is 6.66. The van der Waals surface area contributed by atoms with Gasteiger partial charge in [0, 0.05) is 11.3 Å². The largest absolute Gasteiger partial charge is 0.346 e. The summed E-state index contributed by atoms with van der Waals surface area (Å²) in [5, 5.41) is 3.10. The summed E-state index contributed by atoms with van der Waals surface area (Å²) in [6.07, 6.45) is 12.2. The van der Waals surface area contributed by atoms with Crippen LogP contribution in [0.3, 0.4) is 0 Å². The average molecular weight is 234 g/mol. The van der Waals surface area contributed by atoms with Crippen LogP contribution in [-0.4, -0.2) is 18.0 Å². The number of allylic oxidation sites excluding steroid dienone is 1. The molecule has 17 heavy (non-hydrogen) atoms. The van der Waals surface area contributed by atoms with E-state index in [0.29, 0.717) is 6.42 Å². The molecule has 92 valence electrons. The first-order chi connectivity index (χ1) is 8.27. The molecule has 3 aliphatic rings. The summed E-state index contributed by atoms with van der Waals surface area (Å²) < 4.78 is 14.5. The van der Waals surface area contributed by atoms with E-state index in [-0.39, 0.29) is 6.04 Å². The molecule has 0 radical (unpaired) electrons. The Hall–Kier alpha value is -1.12. The number of alkyl halides is 1. The lowest BCUT2D eigenvalue weighted by Crippen LogP contribution is -2.31. The van der Waals surface area contributed by atoms with Gasteiger partial charge in [-0.3, -0.25) is 4.99 Å². The normalized spacial score (nSPS) is 29.6. The van der Waals surface area contributed by atoms with Gasteiger partial charge in [0.15, 0.2) is 0 Å². The van der Waals surface area contributed by atoms with Gasteiger partial charge in [0.25, 0.3) is 0 Å². The summed E-state index contributed by atoms with van der Waals surface area (Å²) in [6.45, 7) is 0. The predicted octanol–water partition coefficient (Wildman–Crippen LogP) is 3.26. The standard InChI is InChI=1S/C14H19FN2/c15-14(7-2-1-3-8-14)9-6-13-11-4-5-12(11)16-10-17-13/h4-5,10,13H,1-3,6-9H2,(H,16,17)/t13-/m0/s1. The van der Waals surface area contributed by atoms with Gasteiger partial charge in [-0.1, -0.05) is 25.3 Å². The van der Waals surface area contributed by atoms with E-state index in [1.165, 1.54) is 17.7 Å². The zero-order valence-electron chi connectivity index (χ0n) is 10.1. The Balaban J connectivity index is 1.57. The van der Waals surface area contributed by atoms with E-state index >= 15 is 0 Å². The van der Waals surface area contributed by atoms with E-state index in [1.54, 1.807) is 6.34 Å². The van der Waals surface area contributed by atoms with Crippen molar-refractivity contribution in [3.05, 3.63) is 23.4 Å². The fourth-order valence-electron chi connectivity index (χ4n) is 3.02. The second-order valence-corrected chi connectivity index (χ2v) is 5.39. The molecular weight excluding hydrogens is 215 g/mol. The second-order valence-electron chi connectivity index (χ2n) is 5.39. The Bertz CT molecular complexity index is 389. The molecule has 1 N–H and O–H groups in total. The van der Waals surface area contributed by atoms with Crippen molar-refractivity contribution in [3.63, 3.8) is 0 Å². The number of halogens is 1. The molecule has 0 unspecified atom stereocenters. The van der Waals surface area contributed by atoms with Crippen molar-refractivity contribution >= 4 is 6.34 Å². The maximum absolute atomic E-state index is 14.5. The van der Waals surface area contributed by atoms with Crippen LogP contribution in [-0.2, 0) is 0 Å². The highest BCUT2D eigenvalue weighted by atomic mass is 19.1. The SMILES string of the molecule is FC1(CC[C@@H]2N=CNC3=C2C=C3)CCCCC1. The van der Waals surface area contributed by atoms with Crippen LogP contribution in [0.15, 0.2) is 28.4 Å². The van der Waals surface area contributed by atoms with Crippen molar-refractivity contribution in [2.75, 3.05) is 0 Å². The Labute approximate surface area is 102 Å². The van der Waals surface area contributed by atoms with Gasteiger partial charge in [0.1, 0.15) is 5.67 Å². The van der Waals surface area contributed by atoms with Crippen LogP contribution in [0.4, 0.5) is 4.39 Å². The van der Waals surface area contributed by atoms with Crippen molar-refractivity contribution in [1.82, 2.24) is 5.32 Å². The molecule has 0 amide bonds. The molecule has 3 heteroatoms. The Morgan fingerprint density at radius 3 is 2.82 bits per heavy atom. The minimum atomic E-state index is -0.910. The molecule has 0 aromatic heterocycles. The van der Waals surface area contributed by atoms with Crippen molar-refractivity contribution in [3.8, 4) is 0 Å². The molecule has 1 aliphatic heterocycles. The monoisotopic (exact) mass is 234 g/mol. The highest BCUT2D eigenvalue weighted by molar-refractivity contribution is 5.67. The average Bonchev–Trinajstić information content (AvgIpc) is 2.29. The molecule has 0 aromatic carbocycles. The first-order valence-corrected chi connectivity index (χ1v) is 6.66. The lowest BCUT2D eigenvalue weighted by atomic mass is 9.81. The number of hydrogen-bond acceptors (Lipinski definition) is 2. The lowest BCUT2D eigenvalue weighted by molar-refractivity contribution is 0.0925. The third-order valence-electron chi connectivity index (χ3n) is 4.19. The molecule has 0 spiro atoms.